The smallest absolute Gasteiger partial charge is 0.317 e. The fourth-order valence-electron chi connectivity index (χ4n) is 1.87. The molecular formula is C14H22NO3+. The van der Waals surface area contributed by atoms with Crippen LogP contribution in [-0.2, 0) is 10.8 Å². The molecule has 18 heavy (non-hydrogen) atoms. The van der Waals surface area contributed by atoms with Gasteiger partial charge >= 0.3 is 5.69 Å². The maximum Gasteiger partial charge on any atom is 0.317 e. The van der Waals surface area contributed by atoms with E-state index in [-0.39, 0.29) is 27.2 Å². The number of phenolic OH excluding ortho intramolecular Hbond substituents is 1. The van der Waals surface area contributed by atoms with Crippen LogP contribution in [0, 0.1) is 4.91 Å². The third-order valence-corrected chi connectivity index (χ3v) is 2.93. The molecule has 1 rings (SSSR count). The summed E-state index contributed by atoms with van der Waals surface area (Å²) in [6.45, 7) is 11.7. The largest absolute Gasteiger partial charge is 0.507 e. The van der Waals surface area contributed by atoms with Gasteiger partial charge in [0.05, 0.1) is 4.91 Å². The van der Waals surface area contributed by atoms with E-state index >= 15 is 0 Å². The molecule has 0 aliphatic rings. The van der Waals surface area contributed by atoms with E-state index in [2.05, 4.69) is 0 Å². The summed E-state index contributed by atoms with van der Waals surface area (Å²) >= 11 is 0. The van der Waals surface area contributed by atoms with Crippen molar-refractivity contribution in [3.05, 3.63) is 28.2 Å². The zero-order valence-corrected chi connectivity index (χ0v) is 11.9. The van der Waals surface area contributed by atoms with Crippen LogP contribution < -0.4 is 0 Å². The number of hydrogen-bond acceptors (Lipinski definition) is 2. The van der Waals surface area contributed by atoms with E-state index in [4.69, 9.17) is 5.21 Å². The molecule has 1 aromatic rings. The summed E-state index contributed by atoms with van der Waals surface area (Å²) in [4.78, 5) is 10.9. The van der Waals surface area contributed by atoms with Crippen LogP contribution >= 0.6 is 0 Å². The van der Waals surface area contributed by atoms with Crippen LogP contribution in [0.15, 0.2) is 12.1 Å². The van der Waals surface area contributed by atoms with Crippen molar-refractivity contribution >= 4 is 5.69 Å². The third-order valence-electron chi connectivity index (χ3n) is 2.93. The summed E-state index contributed by atoms with van der Waals surface area (Å²) < 4.78 is 0. The number of rotatable bonds is 1. The van der Waals surface area contributed by atoms with E-state index in [1.165, 1.54) is 12.1 Å². The summed E-state index contributed by atoms with van der Waals surface area (Å²) in [7, 11) is 0. The first-order chi connectivity index (χ1) is 7.94. The second-order valence-corrected chi connectivity index (χ2v) is 6.66. The fraction of sp³-hybridized carbons (Fsp3) is 0.571. The quantitative estimate of drug-likeness (QED) is 0.747. The van der Waals surface area contributed by atoms with Crippen LogP contribution in [0.1, 0.15) is 52.7 Å². The molecule has 4 heteroatoms. The van der Waals surface area contributed by atoms with Crippen molar-refractivity contribution in [3.8, 4) is 5.75 Å². The highest BCUT2D eigenvalue weighted by Crippen LogP contribution is 2.41. The average Bonchev–Trinajstić information content (AvgIpc) is 2.13. The molecule has 0 heterocycles. The zero-order valence-electron chi connectivity index (χ0n) is 11.9. The van der Waals surface area contributed by atoms with Crippen LogP contribution in [0.4, 0.5) is 5.69 Å². The minimum atomic E-state index is -0.309. The summed E-state index contributed by atoms with van der Waals surface area (Å²) in [6.07, 6.45) is 0. The van der Waals surface area contributed by atoms with Crippen molar-refractivity contribution in [2.75, 3.05) is 0 Å². The number of aromatic hydroxyl groups is 1. The molecule has 2 N–H and O–H groups in total. The summed E-state index contributed by atoms with van der Waals surface area (Å²) in [6, 6.07) is 3.05. The molecule has 1 aromatic carbocycles. The van der Waals surface area contributed by atoms with E-state index in [9.17, 15) is 10.0 Å². The predicted molar refractivity (Wildman–Crippen MR) is 70.6 cm³/mol. The molecule has 0 atom stereocenters. The highest BCUT2D eigenvalue weighted by Gasteiger charge is 2.30. The molecular weight excluding hydrogens is 230 g/mol. The van der Waals surface area contributed by atoms with Crippen LogP contribution in [0.25, 0.3) is 0 Å². The Labute approximate surface area is 108 Å². The maximum atomic E-state index is 11.1. The lowest BCUT2D eigenvalue weighted by Gasteiger charge is -2.26. The van der Waals surface area contributed by atoms with Crippen LogP contribution in [0.2, 0.25) is 0 Å². The van der Waals surface area contributed by atoms with Gasteiger partial charge in [-0.15, -0.1) is 0 Å². The Morgan fingerprint density at radius 2 is 1.28 bits per heavy atom. The molecule has 0 saturated carbocycles. The first-order valence-electron chi connectivity index (χ1n) is 5.98. The Hall–Kier alpha value is -1.58. The minimum absolute atomic E-state index is 0.141. The van der Waals surface area contributed by atoms with E-state index in [1.807, 2.05) is 41.5 Å². The predicted octanol–water partition coefficient (Wildman–Crippen LogP) is 3.79. The summed E-state index contributed by atoms with van der Waals surface area (Å²) in [5.41, 5.74) is 0.828. The zero-order chi connectivity index (χ0) is 14.3. The van der Waals surface area contributed by atoms with Crippen molar-refractivity contribution in [2.45, 2.75) is 52.4 Å². The van der Waals surface area contributed by atoms with Crippen molar-refractivity contribution in [1.82, 2.24) is 0 Å². The maximum absolute atomic E-state index is 11.1. The molecule has 4 nitrogen and oxygen atoms in total. The summed E-state index contributed by atoms with van der Waals surface area (Å²) in [5.74, 6) is 0.195. The van der Waals surface area contributed by atoms with Gasteiger partial charge < -0.3 is 5.11 Å². The van der Waals surface area contributed by atoms with Crippen LogP contribution in [-0.4, -0.2) is 15.2 Å². The summed E-state index contributed by atoms with van der Waals surface area (Å²) in [5, 5.41) is 19.5. The minimum Gasteiger partial charge on any atom is -0.507 e. The first-order valence-corrected chi connectivity index (χ1v) is 5.98. The van der Waals surface area contributed by atoms with Gasteiger partial charge in [-0.05, 0) is 10.8 Å². The Bertz CT molecular complexity index is 444. The van der Waals surface area contributed by atoms with Crippen molar-refractivity contribution in [2.24, 2.45) is 0 Å². The molecule has 0 amide bonds. The molecule has 0 spiro atoms. The lowest BCUT2D eigenvalue weighted by atomic mass is 9.79. The van der Waals surface area contributed by atoms with Gasteiger partial charge in [-0.25, -0.2) is 5.21 Å². The molecule has 0 aliphatic carbocycles. The molecule has 0 radical (unpaired) electrons. The third kappa shape index (κ3) is 2.81. The Kier molecular flexibility index (Phi) is 3.43. The Morgan fingerprint density at radius 3 is 1.50 bits per heavy atom. The second-order valence-electron chi connectivity index (χ2n) is 6.66. The van der Waals surface area contributed by atoms with Gasteiger partial charge in [0.2, 0.25) is 0 Å². The SMILES string of the molecule is CC(C)(C)c1cc([N+](=O)O)cc(C(C)(C)C)c1O. The highest BCUT2D eigenvalue weighted by atomic mass is 16.6. The van der Waals surface area contributed by atoms with Gasteiger partial charge in [-0.2, -0.15) is 0 Å². The standard InChI is InChI=1S/C14H21NO3/c1-13(2,3)10-7-9(15(17)18)8-11(12(10)16)14(4,5)6/h7-8H,1-6H3,(H-,16,17,18)/p+1. The molecule has 0 aromatic heterocycles. The molecule has 100 valence electrons. The topological polar surface area (TPSA) is 60.5 Å². The van der Waals surface area contributed by atoms with E-state index in [0.717, 1.165) is 0 Å². The lowest BCUT2D eigenvalue weighted by Crippen LogP contribution is -2.17. The van der Waals surface area contributed by atoms with Gasteiger partial charge in [-0.3, -0.25) is 0 Å². The normalized spacial score (nSPS) is 12.6. The molecule has 0 aliphatic heterocycles. The molecule has 0 unspecified atom stereocenters. The van der Waals surface area contributed by atoms with Crippen molar-refractivity contribution in [1.29, 1.82) is 0 Å². The van der Waals surface area contributed by atoms with Crippen LogP contribution in [0.5, 0.6) is 5.75 Å². The highest BCUT2D eigenvalue weighted by molar-refractivity contribution is 5.54. The molecule has 0 fully saturated rings. The van der Waals surface area contributed by atoms with Gasteiger partial charge in [0, 0.05) is 23.3 Å². The van der Waals surface area contributed by atoms with E-state index in [1.54, 1.807) is 0 Å². The number of phenols is 1. The van der Waals surface area contributed by atoms with Gasteiger partial charge in [0.1, 0.15) is 5.75 Å². The monoisotopic (exact) mass is 252 g/mol. The number of benzene rings is 1. The van der Waals surface area contributed by atoms with Crippen molar-refractivity contribution in [3.63, 3.8) is 0 Å². The van der Waals surface area contributed by atoms with E-state index < -0.39 is 0 Å². The van der Waals surface area contributed by atoms with Gasteiger partial charge in [0.15, 0.2) is 0 Å². The lowest BCUT2D eigenvalue weighted by molar-refractivity contribution is -0.729. The second kappa shape index (κ2) is 4.26. The van der Waals surface area contributed by atoms with E-state index in [0.29, 0.717) is 11.1 Å². The van der Waals surface area contributed by atoms with Crippen molar-refractivity contribution < 1.29 is 15.2 Å². The van der Waals surface area contributed by atoms with Gasteiger partial charge in [0.25, 0.3) is 4.92 Å². The average molecular weight is 252 g/mol. The molecule has 0 saturated heterocycles. The Morgan fingerprint density at radius 1 is 0.944 bits per heavy atom. The number of nitrogens with zero attached hydrogens (tertiary/aromatic N) is 1. The first kappa shape index (κ1) is 14.5. The number of hydrogen-bond donors (Lipinski definition) is 2. The fourth-order valence-corrected chi connectivity index (χ4v) is 1.87. The van der Waals surface area contributed by atoms with Gasteiger partial charge in [-0.1, -0.05) is 41.5 Å². The van der Waals surface area contributed by atoms with Crippen LogP contribution in [0.3, 0.4) is 0 Å². The Balaban J connectivity index is 3.64. The molecule has 0 bridgehead atoms.